The van der Waals surface area contributed by atoms with Crippen LogP contribution in [0.5, 0.6) is 0 Å². The number of rotatable bonds is 2. The molecule has 0 aromatic carbocycles. The van der Waals surface area contributed by atoms with Crippen molar-refractivity contribution in [3.63, 3.8) is 0 Å². The van der Waals surface area contributed by atoms with Gasteiger partial charge in [0.1, 0.15) is 0 Å². The molecule has 13 heavy (non-hydrogen) atoms. The summed E-state index contributed by atoms with van der Waals surface area (Å²) in [6.45, 7) is 8.07. The van der Waals surface area contributed by atoms with Crippen LogP contribution in [-0.4, -0.2) is 16.6 Å². The largest absolute Gasteiger partial charge is 0.390 e. The molecule has 2 heteroatoms. The molecule has 1 aliphatic rings. The molecule has 1 aliphatic carbocycles. The first kappa shape index (κ1) is 11.1. The molecule has 76 valence electrons. The fourth-order valence-corrected chi connectivity index (χ4v) is 3.11. The number of hydrogen-bond donors (Lipinski definition) is 1. The van der Waals surface area contributed by atoms with Gasteiger partial charge in [0, 0.05) is 5.88 Å². The van der Waals surface area contributed by atoms with E-state index in [0.29, 0.717) is 5.88 Å². The number of halogens is 1. The van der Waals surface area contributed by atoms with E-state index in [2.05, 4.69) is 13.5 Å². The van der Waals surface area contributed by atoms with Crippen LogP contribution in [0.15, 0.2) is 12.2 Å². The topological polar surface area (TPSA) is 20.2 Å². The van der Waals surface area contributed by atoms with Crippen molar-refractivity contribution in [2.24, 2.45) is 5.41 Å². The molecule has 0 amide bonds. The lowest BCUT2D eigenvalue weighted by atomic mass is 9.66. The summed E-state index contributed by atoms with van der Waals surface area (Å²) in [6.07, 6.45) is 3.55. The van der Waals surface area contributed by atoms with Crippen molar-refractivity contribution in [2.45, 2.75) is 45.1 Å². The van der Waals surface area contributed by atoms with E-state index >= 15 is 0 Å². The first-order valence-electron chi connectivity index (χ1n) is 4.82. The fourth-order valence-electron chi connectivity index (χ4n) is 2.65. The Morgan fingerprint density at radius 1 is 1.46 bits per heavy atom. The van der Waals surface area contributed by atoms with Crippen LogP contribution in [0.3, 0.4) is 0 Å². The highest BCUT2D eigenvalue weighted by molar-refractivity contribution is 6.17. The molecule has 0 heterocycles. The summed E-state index contributed by atoms with van der Waals surface area (Å²) < 4.78 is 0. The lowest BCUT2D eigenvalue weighted by molar-refractivity contribution is -0.0100. The van der Waals surface area contributed by atoms with E-state index < -0.39 is 5.60 Å². The van der Waals surface area contributed by atoms with E-state index in [4.69, 9.17) is 11.6 Å². The molecule has 1 rings (SSSR count). The molecule has 0 saturated heterocycles. The van der Waals surface area contributed by atoms with Gasteiger partial charge in [-0.2, -0.15) is 0 Å². The monoisotopic (exact) mass is 202 g/mol. The van der Waals surface area contributed by atoms with Crippen molar-refractivity contribution in [1.82, 2.24) is 0 Å². The van der Waals surface area contributed by atoms with Crippen LogP contribution < -0.4 is 0 Å². The van der Waals surface area contributed by atoms with Gasteiger partial charge >= 0.3 is 0 Å². The lowest BCUT2D eigenvalue weighted by Crippen LogP contribution is -2.38. The highest BCUT2D eigenvalue weighted by atomic mass is 35.5. The Bertz CT molecular complexity index is 210. The van der Waals surface area contributed by atoms with Gasteiger partial charge in [-0.3, -0.25) is 0 Å². The zero-order valence-electron chi connectivity index (χ0n) is 8.57. The number of aliphatic hydroxyl groups is 1. The van der Waals surface area contributed by atoms with E-state index in [-0.39, 0.29) is 5.41 Å². The van der Waals surface area contributed by atoms with Crippen molar-refractivity contribution >= 4 is 11.6 Å². The SMILES string of the molecule is C=C1CC(C)(O)CC(C)(CCCl)C1. The Kier molecular flexibility index (Phi) is 3.09. The van der Waals surface area contributed by atoms with Gasteiger partial charge in [0.05, 0.1) is 5.60 Å². The minimum absolute atomic E-state index is 0.153. The second-order valence-corrected chi connectivity index (χ2v) is 5.40. The van der Waals surface area contributed by atoms with Gasteiger partial charge < -0.3 is 5.11 Å². The van der Waals surface area contributed by atoms with Crippen molar-refractivity contribution in [2.75, 3.05) is 5.88 Å². The first-order chi connectivity index (χ1) is 5.87. The van der Waals surface area contributed by atoms with Crippen LogP contribution in [0.4, 0.5) is 0 Å². The molecule has 0 aromatic rings. The maximum atomic E-state index is 10.0. The van der Waals surface area contributed by atoms with Crippen LogP contribution in [-0.2, 0) is 0 Å². The molecule has 0 bridgehead atoms. The Morgan fingerprint density at radius 2 is 2.08 bits per heavy atom. The third-order valence-corrected chi connectivity index (χ3v) is 3.00. The minimum Gasteiger partial charge on any atom is -0.390 e. The number of alkyl halides is 1. The molecule has 0 radical (unpaired) electrons. The molecule has 2 atom stereocenters. The summed E-state index contributed by atoms with van der Waals surface area (Å²) in [5.41, 5.74) is 0.736. The Hall–Kier alpha value is -0.0100. The molecule has 1 fully saturated rings. The molecule has 2 unspecified atom stereocenters. The molecule has 1 N–H and O–H groups in total. The van der Waals surface area contributed by atoms with Crippen molar-refractivity contribution < 1.29 is 5.11 Å². The van der Waals surface area contributed by atoms with Crippen molar-refractivity contribution in [1.29, 1.82) is 0 Å². The summed E-state index contributed by atoms with van der Waals surface area (Å²) in [5, 5.41) is 10.0. The molecular formula is C11H19ClO. The third-order valence-electron chi connectivity index (χ3n) is 2.81. The highest BCUT2D eigenvalue weighted by Crippen LogP contribution is 2.45. The van der Waals surface area contributed by atoms with Gasteiger partial charge in [-0.1, -0.05) is 19.1 Å². The summed E-state index contributed by atoms with van der Waals surface area (Å²) in [5.74, 6) is 0.667. The smallest absolute Gasteiger partial charge is 0.0661 e. The quantitative estimate of drug-likeness (QED) is 0.539. The average molecular weight is 203 g/mol. The minimum atomic E-state index is -0.573. The van der Waals surface area contributed by atoms with Crippen LogP contribution in [0.2, 0.25) is 0 Å². The Balaban J connectivity index is 2.72. The average Bonchev–Trinajstić information content (AvgIpc) is 1.78. The van der Waals surface area contributed by atoms with Gasteiger partial charge in [0.25, 0.3) is 0 Å². The van der Waals surface area contributed by atoms with Gasteiger partial charge in [0.15, 0.2) is 0 Å². The van der Waals surface area contributed by atoms with Crippen molar-refractivity contribution in [3.8, 4) is 0 Å². The van der Waals surface area contributed by atoms with E-state index in [9.17, 15) is 5.11 Å². The molecule has 0 aromatic heterocycles. The van der Waals surface area contributed by atoms with Crippen LogP contribution >= 0.6 is 11.6 Å². The van der Waals surface area contributed by atoms with Crippen LogP contribution in [0, 0.1) is 5.41 Å². The molecule has 0 aliphatic heterocycles. The van der Waals surface area contributed by atoms with Gasteiger partial charge in [-0.05, 0) is 38.0 Å². The van der Waals surface area contributed by atoms with E-state index in [1.165, 1.54) is 0 Å². The van der Waals surface area contributed by atoms with Crippen LogP contribution in [0.25, 0.3) is 0 Å². The van der Waals surface area contributed by atoms with E-state index in [0.717, 1.165) is 31.3 Å². The molecule has 1 saturated carbocycles. The predicted octanol–water partition coefficient (Wildman–Crippen LogP) is 3.11. The summed E-state index contributed by atoms with van der Waals surface area (Å²) in [7, 11) is 0. The van der Waals surface area contributed by atoms with Crippen LogP contribution in [0.1, 0.15) is 39.5 Å². The third kappa shape index (κ3) is 2.99. The first-order valence-corrected chi connectivity index (χ1v) is 5.35. The summed E-state index contributed by atoms with van der Waals surface area (Å²) >= 11 is 5.75. The predicted molar refractivity (Wildman–Crippen MR) is 57.1 cm³/mol. The van der Waals surface area contributed by atoms with Crippen molar-refractivity contribution in [3.05, 3.63) is 12.2 Å². The van der Waals surface area contributed by atoms with Gasteiger partial charge in [0.2, 0.25) is 0 Å². The lowest BCUT2D eigenvalue weighted by Gasteiger charge is -2.42. The maximum absolute atomic E-state index is 10.0. The van der Waals surface area contributed by atoms with Gasteiger partial charge in [-0.15, -0.1) is 11.6 Å². The van der Waals surface area contributed by atoms with E-state index in [1.807, 2.05) is 6.92 Å². The summed E-state index contributed by atoms with van der Waals surface area (Å²) in [6, 6.07) is 0. The Labute approximate surface area is 85.8 Å². The zero-order valence-corrected chi connectivity index (χ0v) is 9.32. The fraction of sp³-hybridized carbons (Fsp3) is 0.818. The highest BCUT2D eigenvalue weighted by Gasteiger charge is 2.38. The zero-order chi connectivity index (χ0) is 10.1. The van der Waals surface area contributed by atoms with Gasteiger partial charge in [-0.25, -0.2) is 0 Å². The second-order valence-electron chi connectivity index (χ2n) is 5.03. The normalized spacial score (nSPS) is 40.8. The molecule has 1 nitrogen and oxygen atoms in total. The van der Waals surface area contributed by atoms with E-state index in [1.54, 1.807) is 0 Å². The maximum Gasteiger partial charge on any atom is 0.0661 e. The molecule has 0 spiro atoms. The molecular weight excluding hydrogens is 184 g/mol. The number of hydrogen-bond acceptors (Lipinski definition) is 1. The summed E-state index contributed by atoms with van der Waals surface area (Å²) in [4.78, 5) is 0. The second kappa shape index (κ2) is 3.62. The standard InChI is InChI=1S/C11H19ClO/c1-9-6-10(2,4-5-12)8-11(3,13)7-9/h13H,1,4-8H2,2-3H3. The Morgan fingerprint density at radius 3 is 2.54 bits per heavy atom.